The molecular weight excluding hydrogens is 228 g/mol. The molecule has 0 aliphatic carbocycles. The number of carboxylic acid groups (broad SMARTS) is 1. The van der Waals surface area contributed by atoms with Crippen LogP contribution in [0.25, 0.3) is 0 Å². The summed E-state index contributed by atoms with van der Waals surface area (Å²) in [7, 11) is 3.23. The Morgan fingerprint density at radius 2 is 2.12 bits per heavy atom. The molecule has 3 N–H and O–H groups in total. The van der Waals surface area contributed by atoms with Gasteiger partial charge in [-0.2, -0.15) is 0 Å². The van der Waals surface area contributed by atoms with Crippen molar-refractivity contribution in [3.8, 4) is 0 Å². The van der Waals surface area contributed by atoms with E-state index in [2.05, 4.69) is 5.32 Å². The van der Waals surface area contributed by atoms with Crippen molar-refractivity contribution < 1.29 is 24.5 Å². The predicted octanol–water partition coefficient (Wildman–Crippen LogP) is -0.500. The number of hydrogen-bond donors (Lipinski definition) is 3. The van der Waals surface area contributed by atoms with Gasteiger partial charge in [0.2, 0.25) is 0 Å². The van der Waals surface area contributed by atoms with Crippen molar-refractivity contribution in [2.45, 2.75) is 18.9 Å². The second-order valence-corrected chi connectivity index (χ2v) is 3.64. The molecule has 0 aliphatic heterocycles. The fourth-order valence-electron chi connectivity index (χ4n) is 1.12. The summed E-state index contributed by atoms with van der Waals surface area (Å²) in [4.78, 5) is 23.2. The summed E-state index contributed by atoms with van der Waals surface area (Å²) in [5.41, 5.74) is 0. The lowest BCUT2D eigenvalue weighted by atomic mass is 10.2. The minimum Gasteiger partial charge on any atom is -0.479 e. The van der Waals surface area contributed by atoms with Crippen LogP contribution in [0.4, 0.5) is 4.79 Å². The number of nitrogens with zero attached hydrogens (tertiary/aromatic N) is 1. The Labute approximate surface area is 100 Å². The van der Waals surface area contributed by atoms with Crippen molar-refractivity contribution in [1.82, 2.24) is 10.2 Å². The molecule has 100 valence electrons. The summed E-state index contributed by atoms with van der Waals surface area (Å²) >= 11 is 0. The number of aliphatic carboxylic acids is 1. The third kappa shape index (κ3) is 7.53. The van der Waals surface area contributed by atoms with Crippen LogP contribution in [-0.2, 0) is 9.53 Å². The fraction of sp³-hybridized carbons (Fsp3) is 0.800. The molecule has 2 amide bonds. The lowest BCUT2D eigenvalue weighted by Crippen LogP contribution is -2.39. The molecule has 0 unspecified atom stereocenters. The van der Waals surface area contributed by atoms with Gasteiger partial charge in [-0.3, -0.25) is 0 Å². The highest BCUT2D eigenvalue weighted by molar-refractivity contribution is 5.74. The highest BCUT2D eigenvalue weighted by Gasteiger charge is 2.13. The van der Waals surface area contributed by atoms with Gasteiger partial charge in [0.15, 0.2) is 6.10 Å². The molecule has 0 spiro atoms. The average molecular weight is 248 g/mol. The number of urea groups is 1. The van der Waals surface area contributed by atoms with E-state index in [4.69, 9.17) is 14.9 Å². The van der Waals surface area contributed by atoms with E-state index in [1.54, 1.807) is 14.2 Å². The number of aliphatic hydroxyl groups excluding tert-OH is 1. The lowest BCUT2D eigenvalue weighted by Gasteiger charge is -2.17. The maximum absolute atomic E-state index is 11.4. The highest BCUT2D eigenvalue weighted by Crippen LogP contribution is 1.92. The van der Waals surface area contributed by atoms with Crippen molar-refractivity contribution in [2.24, 2.45) is 0 Å². The standard InChI is InChI=1S/C10H20N2O5/c1-12(6-3-7-17-2)10(16)11-5-4-8(13)9(14)15/h8,13H,3-7H2,1-2H3,(H,11,16)(H,14,15)/t8-/m0/s1. The lowest BCUT2D eigenvalue weighted by molar-refractivity contribution is -0.146. The first-order valence-electron chi connectivity index (χ1n) is 5.37. The molecule has 0 radical (unpaired) electrons. The first-order chi connectivity index (χ1) is 7.99. The monoisotopic (exact) mass is 248 g/mol. The van der Waals surface area contributed by atoms with E-state index >= 15 is 0 Å². The Kier molecular flexibility index (Phi) is 8.08. The van der Waals surface area contributed by atoms with E-state index in [0.717, 1.165) is 6.42 Å². The van der Waals surface area contributed by atoms with Crippen molar-refractivity contribution in [1.29, 1.82) is 0 Å². The molecule has 0 fully saturated rings. The molecule has 1 atom stereocenters. The number of ether oxygens (including phenoxy) is 1. The maximum Gasteiger partial charge on any atom is 0.332 e. The Bertz CT molecular complexity index is 247. The van der Waals surface area contributed by atoms with Crippen LogP contribution >= 0.6 is 0 Å². The van der Waals surface area contributed by atoms with Gasteiger partial charge in [-0.1, -0.05) is 0 Å². The van der Waals surface area contributed by atoms with Gasteiger partial charge in [0.05, 0.1) is 0 Å². The van der Waals surface area contributed by atoms with Gasteiger partial charge < -0.3 is 25.2 Å². The second-order valence-electron chi connectivity index (χ2n) is 3.64. The number of methoxy groups -OCH3 is 1. The number of amides is 2. The summed E-state index contributed by atoms with van der Waals surface area (Å²) < 4.78 is 4.85. The predicted molar refractivity (Wildman–Crippen MR) is 60.8 cm³/mol. The fourth-order valence-corrected chi connectivity index (χ4v) is 1.12. The number of aliphatic hydroxyl groups is 1. The molecular formula is C10H20N2O5. The SMILES string of the molecule is COCCCN(C)C(=O)NCC[C@H](O)C(=O)O. The molecule has 0 aromatic rings. The van der Waals surface area contributed by atoms with E-state index < -0.39 is 12.1 Å². The zero-order chi connectivity index (χ0) is 13.3. The van der Waals surface area contributed by atoms with Crippen LogP contribution in [0.3, 0.4) is 0 Å². The molecule has 0 aromatic heterocycles. The molecule has 7 nitrogen and oxygen atoms in total. The number of carbonyl (C=O) groups excluding carboxylic acids is 1. The molecule has 0 saturated carbocycles. The topological polar surface area (TPSA) is 99.1 Å². The van der Waals surface area contributed by atoms with Crippen LogP contribution < -0.4 is 5.32 Å². The van der Waals surface area contributed by atoms with Gasteiger partial charge in [0, 0.05) is 40.3 Å². The Balaban J connectivity index is 3.67. The molecule has 0 aliphatic rings. The number of rotatable bonds is 8. The number of hydrogen-bond acceptors (Lipinski definition) is 4. The Hall–Kier alpha value is -1.34. The third-order valence-corrected chi connectivity index (χ3v) is 2.17. The summed E-state index contributed by atoms with van der Waals surface area (Å²) in [6.45, 7) is 1.26. The Morgan fingerprint density at radius 3 is 2.65 bits per heavy atom. The number of nitrogens with one attached hydrogen (secondary N) is 1. The van der Waals surface area contributed by atoms with Crippen LogP contribution in [-0.4, -0.2) is 67.1 Å². The van der Waals surface area contributed by atoms with Crippen LogP contribution in [0.1, 0.15) is 12.8 Å². The van der Waals surface area contributed by atoms with Crippen LogP contribution in [0, 0.1) is 0 Å². The molecule has 0 heterocycles. The van der Waals surface area contributed by atoms with Gasteiger partial charge in [-0.25, -0.2) is 9.59 Å². The molecule has 0 bridgehead atoms. The maximum atomic E-state index is 11.4. The van der Waals surface area contributed by atoms with Gasteiger partial charge in [0.25, 0.3) is 0 Å². The number of carboxylic acids is 1. The van der Waals surface area contributed by atoms with E-state index in [1.807, 2.05) is 0 Å². The zero-order valence-electron chi connectivity index (χ0n) is 10.2. The van der Waals surface area contributed by atoms with Crippen LogP contribution in [0.2, 0.25) is 0 Å². The van der Waals surface area contributed by atoms with Crippen LogP contribution in [0.15, 0.2) is 0 Å². The van der Waals surface area contributed by atoms with Crippen molar-refractivity contribution in [2.75, 3.05) is 33.9 Å². The smallest absolute Gasteiger partial charge is 0.332 e. The zero-order valence-corrected chi connectivity index (χ0v) is 10.2. The van der Waals surface area contributed by atoms with E-state index in [1.165, 1.54) is 4.90 Å². The molecule has 17 heavy (non-hydrogen) atoms. The molecule has 0 aromatic carbocycles. The van der Waals surface area contributed by atoms with E-state index in [0.29, 0.717) is 13.2 Å². The minimum atomic E-state index is -1.44. The highest BCUT2D eigenvalue weighted by atomic mass is 16.5. The molecule has 0 saturated heterocycles. The van der Waals surface area contributed by atoms with Crippen molar-refractivity contribution in [3.63, 3.8) is 0 Å². The summed E-state index contributed by atoms with van der Waals surface area (Å²) in [6, 6.07) is -0.293. The van der Waals surface area contributed by atoms with Crippen LogP contribution in [0.5, 0.6) is 0 Å². The second kappa shape index (κ2) is 8.77. The quantitative estimate of drug-likeness (QED) is 0.503. The first-order valence-corrected chi connectivity index (χ1v) is 5.37. The van der Waals surface area contributed by atoms with E-state index in [-0.39, 0.29) is 19.0 Å². The van der Waals surface area contributed by atoms with Gasteiger partial charge >= 0.3 is 12.0 Å². The normalized spacial score (nSPS) is 11.9. The summed E-state index contributed by atoms with van der Waals surface area (Å²) in [5, 5.41) is 19.9. The first kappa shape index (κ1) is 15.7. The van der Waals surface area contributed by atoms with Gasteiger partial charge in [-0.15, -0.1) is 0 Å². The summed E-state index contributed by atoms with van der Waals surface area (Å²) in [5.74, 6) is -1.28. The molecule has 0 rings (SSSR count). The largest absolute Gasteiger partial charge is 0.479 e. The minimum absolute atomic E-state index is 0.00696. The molecule has 7 heteroatoms. The van der Waals surface area contributed by atoms with Gasteiger partial charge in [-0.05, 0) is 6.42 Å². The average Bonchev–Trinajstić information content (AvgIpc) is 2.28. The van der Waals surface area contributed by atoms with Crippen molar-refractivity contribution in [3.05, 3.63) is 0 Å². The van der Waals surface area contributed by atoms with E-state index in [9.17, 15) is 9.59 Å². The van der Waals surface area contributed by atoms with Crippen molar-refractivity contribution >= 4 is 12.0 Å². The third-order valence-electron chi connectivity index (χ3n) is 2.17. The van der Waals surface area contributed by atoms with Gasteiger partial charge in [0.1, 0.15) is 0 Å². The Morgan fingerprint density at radius 1 is 1.47 bits per heavy atom. The number of carbonyl (C=O) groups is 2. The summed E-state index contributed by atoms with van der Waals surface area (Å²) in [6.07, 6.45) is -0.709.